The van der Waals surface area contributed by atoms with Gasteiger partial charge in [0.2, 0.25) is 0 Å². The number of nitrogens with one attached hydrogen (secondary N) is 1. The second-order valence-corrected chi connectivity index (χ2v) is 6.55. The van der Waals surface area contributed by atoms with E-state index >= 15 is 0 Å². The Kier molecular flexibility index (Phi) is 6.82. The number of ether oxygens (including phenoxy) is 2. The largest absolute Gasteiger partial charge is 0.467 e. The van der Waals surface area contributed by atoms with Gasteiger partial charge in [0.05, 0.1) is 7.11 Å². The first kappa shape index (κ1) is 19.2. The van der Waals surface area contributed by atoms with Crippen molar-refractivity contribution in [3.63, 3.8) is 0 Å². The predicted molar refractivity (Wildman–Crippen MR) is 95.1 cm³/mol. The quantitative estimate of drug-likeness (QED) is 0.801. The second kappa shape index (κ2) is 8.85. The molecule has 1 saturated heterocycles. The van der Waals surface area contributed by atoms with Crippen LogP contribution in [0.4, 0.5) is 4.79 Å². The molecule has 1 heterocycles. The van der Waals surface area contributed by atoms with Gasteiger partial charge in [0.25, 0.3) is 0 Å². The highest BCUT2D eigenvalue weighted by atomic mass is 16.6. The number of methoxy groups -OCH3 is 1. The van der Waals surface area contributed by atoms with Crippen molar-refractivity contribution in [2.75, 3.05) is 20.2 Å². The maximum atomic E-state index is 12.3. The Morgan fingerprint density at radius 1 is 1.24 bits per heavy atom. The van der Waals surface area contributed by atoms with Gasteiger partial charge in [-0.15, -0.1) is 0 Å². The van der Waals surface area contributed by atoms with Gasteiger partial charge in [-0.25, -0.2) is 9.59 Å². The zero-order chi connectivity index (χ0) is 18.3. The number of likely N-dealkylation sites (tertiary alicyclic amines) is 1. The predicted octanol–water partition coefficient (Wildman–Crippen LogP) is 2.72. The third-order valence-electron chi connectivity index (χ3n) is 5.00. The third kappa shape index (κ3) is 4.95. The van der Waals surface area contributed by atoms with E-state index in [1.54, 1.807) is 0 Å². The van der Waals surface area contributed by atoms with Crippen LogP contribution >= 0.6 is 0 Å². The highest BCUT2D eigenvalue weighted by molar-refractivity contribution is 5.85. The van der Waals surface area contributed by atoms with Crippen molar-refractivity contribution < 1.29 is 19.1 Å². The van der Waals surface area contributed by atoms with Crippen molar-refractivity contribution in [1.82, 2.24) is 10.2 Å². The first-order valence-electron chi connectivity index (χ1n) is 8.82. The van der Waals surface area contributed by atoms with E-state index in [1.807, 2.05) is 30.3 Å². The molecule has 1 aliphatic rings. The zero-order valence-electron chi connectivity index (χ0n) is 15.3. The molecular formula is C19H28N2O4. The Bertz CT molecular complexity index is 568. The van der Waals surface area contributed by atoms with E-state index in [0.29, 0.717) is 18.9 Å². The summed E-state index contributed by atoms with van der Waals surface area (Å²) in [7, 11) is 1.35. The SMILES string of the molecule is CC[C@H](C)N1CCC(NC(=O)OCc2ccccc2)(C(=O)OC)CC1. The topological polar surface area (TPSA) is 67.9 Å². The molecule has 1 aliphatic heterocycles. The van der Waals surface area contributed by atoms with Crippen LogP contribution in [-0.2, 0) is 20.9 Å². The molecule has 0 saturated carbocycles. The number of alkyl carbamates (subject to hydrolysis) is 1. The number of amides is 1. The van der Waals surface area contributed by atoms with Gasteiger partial charge in [-0.1, -0.05) is 37.3 Å². The minimum Gasteiger partial charge on any atom is -0.467 e. The van der Waals surface area contributed by atoms with Gasteiger partial charge in [-0.2, -0.15) is 0 Å². The van der Waals surface area contributed by atoms with Crippen molar-refractivity contribution >= 4 is 12.1 Å². The number of carbonyl (C=O) groups excluding carboxylic acids is 2. The lowest BCUT2D eigenvalue weighted by molar-refractivity contribution is -0.150. The molecule has 6 heteroatoms. The smallest absolute Gasteiger partial charge is 0.408 e. The second-order valence-electron chi connectivity index (χ2n) is 6.55. The molecule has 1 amide bonds. The lowest BCUT2D eigenvalue weighted by Crippen LogP contribution is -2.61. The normalized spacial score (nSPS) is 18.2. The van der Waals surface area contributed by atoms with Crippen LogP contribution < -0.4 is 5.32 Å². The van der Waals surface area contributed by atoms with Crippen LogP contribution in [0.25, 0.3) is 0 Å². The molecular weight excluding hydrogens is 320 g/mol. The van der Waals surface area contributed by atoms with Crippen molar-refractivity contribution in [3.05, 3.63) is 35.9 Å². The van der Waals surface area contributed by atoms with Crippen LogP contribution in [0.2, 0.25) is 0 Å². The summed E-state index contributed by atoms with van der Waals surface area (Å²) in [6.07, 6.45) is 1.50. The van der Waals surface area contributed by atoms with Crippen molar-refractivity contribution in [2.24, 2.45) is 0 Å². The number of esters is 1. The standard InChI is InChI=1S/C19H28N2O4/c1-4-15(2)21-12-10-19(11-13-21,17(22)24-3)20-18(23)25-14-16-8-6-5-7-9-16/h5-9,15H,4,10-14H2,1-3H3,(H,20,23)/t15-/m0/s1. The Labute approximate surface area is 149 Å². The van der Waals surface area contributed by atoms with Gasteiger partial charge in [-0.05, 0) is 31.7 Å². The Hall–Kier alpha value is -2.08. The van der Waals surface area contributed by atoms with Crippen LogP contribution in [0.5, 0.6) is 0 Å². The highest BCUT2D eigenvalue weighted by Gasteiger charge is 2.44. The summed E-state index contributed by atoms with van der Waals surface area (Å²) < 4.78 is 10.2. The van der Waals surface area contributed by atoms with E-state index < -0.39 is 17.6 Å². The Morgan fingerprint density at radius 3 is 2.44 bits per heavy atom. The number of piperidine rings is 1. The number of hydrogen-bond donors (Lipinski definition) is 1. The number of nitrogens with zero attached hydrogens (tertiary/aromatic N) is 1. The van der Waals surface area contributed by atoms with Gasteiger partial charge in [0.15, 0.2) is 0 Å². The molecule has 1 aromatic rings. The van der Waals surface area contributed by atoms with Crippen LogP contribution in [0.15, 0.2) is 30.3 Å². The number of carbonyl (C=O) groups is 2. The van der Waals surface area contributed by atoms with Gasteiger partial charge in [-0.3, -0.25) is 0 Å². The summed E-state index contributed by atoms with van der Waals surface area (Å²) in [6, 6.07) is 9.90. The Balaban J connectivity index is 1.96. The van der Waals surface area contributed by atoms with Gasteiger partial charge < -0.3 is 19.7 Å². The number of rotatable bonds is 6. The third-order valence-corrected chi connectivity index (χ3v) is 5.00. The average Bonchev–Trinajstić information content (AvgIpc) is 2.66. The van der Waals surface area contributed by atoms with Crippen molar-refractivity contribution in [1.29, 1.82) is 0 Å². The number of hydrogen-bond acceptors (Lipinski definition) is 5. The summed E-state index contributed by atoms with van der Waals surface area (Å²) in [5.41, 5.74) is -0.108. The van der Waals surface area contributed by atoms with E-state index in [2.05, 4.69) is 24.1 Å². The zero-order valence-corrected chi connectivity index (χ0v) is 15.3. The van der Waals surface area contributed by atoms with Crippen LogP contribution in [0.1, 0.15) is 38.7 Å². The highest BCUT2D eigenvalue weighted by Crippen LogP contribution is 2.26. The molecule has 0 aliphatic carbocycles. The van der Waals surface area contributed by atoms with E-state index in [4.69, 9.17) is 9.47 Å². The summed E-state index contributed by atoms with van der Waals surface area (Å²) in [5.74, 6) is -0.409. The molecule has 1 aromatic carbocycles. The fraction of sp³-hybridized carbons (Fsp3) is 0.579. The maximum absolute atomic E-state index is 12.3. The number of benzene rings is 1. The average molecular weight is 348 g/mol. The van der Waals surface area contributed by atoms with Crippen LogP contribution in [0.3, 0.4) is 0 Å². The summed E-state index contributed by atoms with van der Waals surface area (Å²) >= 11 is 0. The molecule has 1 atom stereocenters. The molecule has 0 radical (unpaired) electrons. The van der Waals surface area contributed by atoms with Crippen LogP contribution in [-0.4, -0.2) is 48.7 Å². The molecule has 0 spiro atoms. The summed E-state index contributed by atoms with van der Waals surface area (Å²) in [6.45, 7) is 5.97. The molecule has 6 nitrogen and oxygen atoms in total. The minimum absolute atomic E-state index is 0.170. The fourth-order valence-corrected chi connectivity index (χ4v) is 3.13. The lowest BCUT2D eigenvalue weighted by atomic mass is 9.87. The first-order valence-corrected chi connectivity index (χ1v) is 8.82. The van der Waals surface area contributed by atoms with Gasteiger partial charge in [0.1, 0.15) is 12.1 Å². The lowest BCUT2D eigenvalue weighted by Gasteiger charge is -2.41. The molecule has 0 unspecified atom stereocenters. The monoisotopic (exact) mass is 348 g/mol. The van der Waals surface area contributed by atoms with Crippen LogP contribution in [0, 0.1) is 0 Å². The van der Waals surface area contributed by atoms with Gasteiger partial charge in [0, 0.05) is 19.1 Å². The molecule has 1 fully saturated rings. The van der Waals surface area contributed by atoms with E-state index in [9.17, 15) is 9.59 Å². The van der Waals surface area contributed by atoms with Crippen molar-refractivity contribution in [2.45, 2.75) is 51.3 Å². The molecule has 0 aromatic heterocycles. The molecule has 138 valence electrons. The van der Waals surface area contributed by atoms with E-state index in [0.717, 1.165) is 25.1 Å². The van der Waals surface area contributed by atoms with Gasteiger partial charge >= 0.3 is 12.1 Å². The van der Waals surface area contributed by atoms with E-state index in [1.165, 1.54) is 7.11 Å². The maximum Gasteiger partial charge on any atom is 0.408 e. The van der Waals surface area contributed by atoms with Crippen molar-refractivity contribution in [3.8, 4) is 0 Å². The molecule has 2 rings (SSSR count). The molecule has 1 N–H and O–H groups in total. The summed E-state index contributed by atoms with van der Waals surface area (Å²) in [5, 5.41) is 2.77. The fourth-order valence-electron chi connectivity index (χ4n) is 3.13. The molecule has 0 bridgehead atoms. The Morgan fingerprint density at radius 2 is 1.88 bits per heavy atom. The first-order chi connectivity index (χ1) is 12.0. The van der Waals surface area contributed by atoms with E-state index in [-0.39, 0.29) is 6.61 Å². The summed E-state index contributed by atoms with van der Waals surface area (Å²) in [4.78, 5) is 26.9. The minimum atomic E-state index is -1.01. The molecule has 25 heavy (non-hydrogen) atoms.